The van der Waals surface area contributed by atoms with Crippen LogP contribution in [0.15, 0.2) is 21.8 Å². The first-order chi connectivity index (χ1) is 12.0. The average Bonchev–Trinajstić information content (AvgIpc) is 3.23. The van der Waals surface area contributed by atoms with Crippen LogP contribution < -0.4 is 0 Å². The molecule has 2 aromatic rings. The van der Waals surface area contributed by atoms with Crippen LogP contribution in [0, 0.1) is 13.8 Å². The Morgan fingerprint density at radius 3 is 2.65 bits per heavy atom. The number of amides is 1. The molecule has 0 saturated carbocycles. The molecule has 3 heterocycles. The van der Waals surface area contributed by atoms with Gasteiger partial charge in [0.2, 0.25) is 0 Å². The molecule has 26 heavy (non-hydrogen) atoms. The minimum Gasteiger partial charge on any atom is -0.362 e. The predicted octanol–water partition coefficient (Wildman–Crippen LogP) is 2.05. The van der Waals surface area contributed by atoms with E-state index < -0.39 is 24.2 Å². The number of aromatic nitrogens is 4. The van der Waals surface area contributed by atoms with Crippen LogP contribution in [0.3, 0.4) is 0 Å². The summed E-state index contributed by atoms with van der Waals surface area (Å²) in [6, 6.07) is 1.26. The first-order valence-corrected chi connectivity index (χ1v) is 8.23. The number of nitrogens with zero attached hydrogens (tertiary/aromatic N) is 6. The maximum absolute atomic E-state index is 13.1. The molecule has 2 aromatic heterocycles. The molecule has 1 aliphatic rings. The highest BCUT2D eigenvalue weighted by molar-refractivity contribution is 9.10. The van der Waals surface area contributed by atoms with E-state index in [0.29, 0.717) is 0 Å². The summed E-state index contributed by atoms with van der Waals surface area (Å²) in [5.41, 5.74) is -2.03. The number of aliphatic hydroxyl groups is 1. The van der Waals surface area contributed by atoms with Gasteiger partial charge in [-0.05, 0) is 35.8 Å². The van der Waals surface area contributed by atoms with E-state index in [4.69, 9.17) is 0 Å². The van der Waals surface area contributed by atoms with Gasteiger partial charge in [-0.1, -0.05) is 0 Å². The van der Waals surface area contributed by atoms with E-state index in [-0.39, 0.29) is 17.4 Å². The summed E-state index contributed by atoms with van der Waals surface area (Å²) in [5.74, 6) is -1.15. The van der Waals surface area contributed by atoms with Crippen molar-refractivity contribution < 1.29 is 23.1 Å². The molecule has 12 heteroatoms. The van der Waals surface area contributed by atoms with Crippen molar-refractivity contribution >= 4 is 28.1 Å². The zero-order chi connectivity index (χ0) is 19.3. The topological polar surface area (TPSA) is 88.5 Å². The molecular formula is C14H14BrF3N6O2. The number of hydrogen-bond acceptors (Lipinski definition) is 5. The van der Waals surface area contributed by atoms with Crippen LogP contribution >= 0.6 is 15.9 Å². The van der Waals surface area contributed by atoms with Gasteiger partial charge in [-0.15, -0.1) is 0 Å². The second-order valence-electron chi connectivity index (χ2n) is 5.80. The highest BCUT2D eigenvalue weighted by Gasteiger charge is 2.61. The van der Waals surface area contributed by atoms with Crippen molar-refractivity contribution in [1.82, 2.24) is 24.6 Å². The van der Waals surface area contributed by atoms with Gasteiger partial charge >= 0.3 is 6.18 Å². The highest BCUT2D eigenvalue weighted by atomic mass is 79.9. The summed E-state index contributed by atoms with van der Waals surface area (Å²) < 4.78 is 43.1. The maximum Gasteiger partial charge on any atom is 0.438 e. The summed E-state index contributed by atoms with van der Waals surface area (Å²) in [6.45, 7) is 3.81. The Morgan fingerprint density at radius 2 is 2.08 bits per heavy atom. The molecule has 0 spiro atoms. The maximum atomic E-state index is 13.1. The highest BCUT2D eigenvalue weighted by Crippen LogP contribution is 2.39. The third-order valence-electron chi connectivity index (χ3n) is 4.00. The predicted molar refractivity (Wildman–Crippen MR) is 87.3 cm³/mol. The Bertz CT molecular complexity index is 890. The molecule has 1 N–H and O–H groups in total. The smallest absolute Gasteiger partial charge is 0.362 e. The van der Waals surface area contributed by atoms with Gasteiger partial charge in [-0.25, -0.2) is 4.68 Å². The van der Waals surface area contributed by atoms with Gasteiger partial charge in [0.15, 0.2) is 5.69 Å². The molecule has 0 unspecified atom stereocenters. The van der Waals surface area contributed by atoms with Crippen molar-refractivity contribution in [1.29, 1.82) is 0 Å². The summed E-state index contributed by atoms with van der Waals surface area (Å²) >= 11 is 3.39. The lowest BCUT2D eigenvalue weighted by atomic mass is 10.1. The van der Waals surface area contributed by atoms with Crippen molar-refractivity contribution in [3.8, 4) is 0 Å². The summed E-state index contributed by atoms with van der Waals surface area (Å²) in [4.78, 5) is 12.3. The molecule has 1 amide bonds. The monoisotopic (exact) mass is 434 g/mol. The fourth-order valence-electron chi connectivity index (χ4n) is 2.50. The molecule has 0 saturated heterocycles. The van der Waals surface area contributed by atoms with Crippen molar-refractivity contribution in [2.45, 2.75) is 38.8 Å². The lowest BCUT2D eigenvalue weighted by molar-refractivity contribution is -0.297. The minimum absolute atomic E-state index is 0.0135. The van der Waals surface area contributed by atoms with E-state index in [1.165, 1.54) is 16.9 Å². The second kappa shape index (κ2) is 6.20. The van der Waals surface area contributed by atoms with Gasteiger partial charge < -0.3 is 5.11 Å². The van der Waals surface area contributed by atoms with Crippen LogP contribution in [0.4, 0.5) is 13.2 Å². The third kappa shape index (κ3) is 2.92. The molecule has 3 rings (SSSR count). The molecule has 0 bridgehead atoms. The van der Waals surface area contributed by atoms with Gasteiger partial charge in [0, 0.05) is 18.8 Å². The van der Waals surface area contributed by atoms with Crippen molar-refractivity contribution in [3.05, 3.63) is 33.8 Å². The Morgan fingerprint density at radius 1 is 1.38 bits per heavy atom. The van der Waals surface area contributed by atoms with Crippen molar-refractivity contribution in [2.24, 2.45) is 5.10 Å². The van der Waals surface area contributed by atoms with E-state index in [1.54, 1.807) is 4.68 Å². The minimum atomic E-state index is -5.04. The fourth-order valence-corrected chi connectivity index (χ4v) is 2.78. The Labute approximate surface area is 154 Å². The average molecular weight is 435 g/mol. The van der Waals surface area contributed by atoms with Gasteiger partial charge in [0.05, 0.1) is 15.9 Å². The number of carbonyl (C=O) groups excluding carboxylic acids is 1. The Kier molecular flexibility index (Phi) is 4.43. The number of carbonyl (C=O) groups is 1. The Balaban J connectivity index is 1.82. The molecule has 0 aliphatic carbocycles. The quantitative estimate of drug-likeness (QED) is 0.800. The number of hydrogen-bond donors (Lipinski definition) is 1. The number of hydrazone groups is 1. The van der Waals surface area contributed by atoms with Crippen LogP contribution in [-0.2, 0) is 6.67 Å². The van der Waals surface area contributed by atoms with Crippen LogP contribution in [0.2, 0.25) is 0 Å². The van der Waals surface area contributed by atoms with E-state index >= 15 is 0 Å². The SMILES string of the molecule is Cc1nn(Cn2ccc(C(=O)N3N=CC[C@]3(O)C(F)(F)F)n2)c(C)c1Br. The molecule has 1 aliphatic heterocycles. The van der Waals surface area contributed by atoms with Crippen molar-refractivity contribution in [2.75, 3.05) is 0 Å². The van der Waals surface area contributed by atoms with Gasteiger partial charge in [-0.2, -0.15) is 33.5 Å². The number of halogens is 4. The number of aryl methyl sites for hydroxylation is 1. The zero-order valence-electron chi connectivity index (χ0n) is 13.7. The van der Waals surface area contributed by atoms with Gasteiger partial charge in [0.1, 0.15) is 6.67 Å². The molecule has 140 valence electrons. The van der Waals surface area contributed by atoms with E-state index in [0.717, 1.165) is 22.1 Å². The largest absolute Gasteiger partial charge is 0.438 e. The summed E-state index contributed by atoms with van der Waals surface area (Å²) in [7, 11) is 0. The van der Waals surface area contributed by atoms with Gasteiger partial charge in [-0.3, -0.25) is 9.48 Å². The first kappa shape index (κ1) is 18.6. The molecule has 0 radical (unpaired) electrons. The standard InChI is InChI=1S/C14H14BrF3N6O2/c1-8-11(15)9(2)23(20-8)7-22-6-3-10(21-22)12(25)24-13(26,4-5-19-24)14(16,17)18/h3,5-6,26H,4,7H2,1-2H3/t13-/m0/s1. The lowest BCUT2D eigenvalue weighted by Gasteiger charge is -2.32. The molecular weight excluding hydrogens is 421 g/mol. The second-order valence-corrected chi connectivity index (χ2v) is 6.59. The Hall–Kier alpha value is -2.21. The molecule has 1 atom stereocenters. The first-order valence-electron chi connectivity index (χ1n) is 7.43. The van der Waals surface area contributed by atoms with Crippen LogP contribution in [0.25, 0.3) is 0 Å². The summed E-state index contributed by atoms with van der Waals surface area (Å²) in [6.07, 6.45) is -3.60. The zero-order valence-corrected chi connectivity index (χ0v) is 15.3. The van der Waals surface area contributed by atoms with E-state index in [2.05, 4.69) is 31.2 Å². The summed E-state index contributed by atoms with van der Waals surface area (Å²) in [5, 5.41) is 21.5. The molecule has 0 fully saturated rings. The number of alkyl halides is 3. The number of rotatable bonds is 3. The lowest BCUT2D eigenvalue weighted by Crippen LogP contribution is -2.56. The van der Waals surface area contributed by atoms with E-state index in [9.17, 15) is 23.1 Å². The van der Waals surface area contributed by atoms with E-state index in [1.807, 2.05) is 13.8 Å². The fraction of sp³-hybridized carbons (Fsp3) is 0.429. The van der Waals surface area contributed by atoms with Gasteiger partial charge in [0.25, 0.3) is 11.6 Å². The van der Waals surface area contributed by atoms with Crippen LogP contribution in [0.1, 0.15) is 28.3 Å². The molecule has 0 aromatic carbocycles. The third-order valence-corrected chi connectivity index (χ3v) is 5.15. The van der Waals surface area contributed by atoms with Crippen LogP contribution in [-0.4, -0.2) is 53.7 Å². The normalized spacial score (nSPS) is 20.2. The van der Waals surface area contributed by atoms with Crippen molar-refractivity contribution in [3.63, 3.8) is 0 Å². The molecule has 8 nitrogen and oxygen atoms in total. The van der Waals surface area contributed by atoms with Crippen LogP contribution in [0.5, 0.6) is 0 Å².